The zero-order valence-electron chi connectivity index (χ0n) is 10.5. The van der Waals surface area contributed by atoms with Crippen molar-refractivity contribution in [3.05, 3.63) is 52.8 Å². The van der Waals surface area contributed by atoms with Crippen LogP contribution in [0.5, 0.6) is 0 Å². The molecule has 0 saturated carbocycles. The molecular weight excluding hydrogens is 303 g/mol. The van der Waals surface area contributed by atoms with E-state index >= 15 is 0 Å². The Morgan fingerprint density at radius 1 is 1.20 bits per heavy atom. The van der Waals surface area contributed by atoms with Gasteiger partial charge in [0, 0.05) is 11.4 Å². The zero-order chi connectivity index (χ0) is 14.9. The highest BCUT2D eigenvalue weighted by Gasteiger charge is 2.18. The molecule has 0 fully saturated rings. The van der Waals surface area contributed by atoms with Crippen LogP contribution < -0.4 is 10.5 Å². The molecule has 0 aliphatic rings. The fourth-order valence-electron chi connectivity index (χ4n) is 1.64. The molecule has 2 aromatic carbocycles. The topological polar surface area (TPSA) is 72.2 Å². The van der Waals surface area contributed by atoms with Gasteiger partial charge >= 0.3 is 0 Å². The summed E-state index contributed by atoms with van der Waals surface area (Å²) in [5.41, 5.74) is 6.43. The number of benzene rings is 2. The van der Waals surface area contributed by atoms with E-state index in [4.69, 9.17) is 17.3 Å². The van der Waals surface area contributed by atoms with Crippen LogP contribution in [0.25, 0.3) is 0 Å². The predicted octanol–water partition coefficient (Wildman–Crippen LogP) is 3.17. The molecule has 106 valence electrons. The summed E-state index contributed by atoms with van der Waals surface area (Å²) in [4.78, 5) is -0.124. The van der Waals surface area contributed by atoms with Gasteiger partial charge in [-0.2, -0.15) is 0 Å². The van der Waals surface area contributed by atoms with E-state index in [1.165, 1.54) is 36.4 Å². The molecule has 0 amide bonds. The number of hydrogen-bond acceptors (Lipinski definition) is 3. The third-order valence-electron chi connectivity index (χ3n) is 2.65. The van der Waals surface area contributed by atoms with Crippen molar-refractivity contribution in [3.8, 4) is 0 Å². The summed E-state index contributed by atoms with van der Waals surface area (Å²) >= 11 is 5.87. The first-order chi connectivity index (χ1) is 9.29. The van der Waals surface area contributed by atoms with Crippen LogP contribution in [0.2, 0.25) is 5.02 Å². The van der Waals surface area contributed by atoms with E-state index in [-0.39, 0.29) is 21.3 Å². The fourth-order valence-corrected chi connectivity index (χ4v) is 3.23. The first kappa shape index (κ1) is 14.6. The van der Waals surface area contributed by atoms with Crippen molar-refractivity contribution in [2.75, 3.05) is 10.5 Å². The van der Waals surface area contributed by atoms with Crippen molar-refractivity contribution >= 4 is 33.0 Å². The maximum Gasteiger partial charge on any atom is 0.263 e. The van der Waals surface area contributed by atoms with Gasteiger partial charge in [-0.05, 0) is 48.9 Å². The summed E-state index contributed by atoms with van der Waals surface area (Å²) < 4.78 is 39.9. The standard InChI is InChI=1S/C13H12ClFN2O2S/c1-8-6-10(3-5-12(8)15)17-20(18,19)13-7-9(16)2-4-11(13)14/h2-7,17H,16H2,1H3. The first-order valence-corrected chi connectivity index (χ1v) is 7.50. The highest BCUT2D eigenvalue weighted by atomic mass is 35.5. The minimum Gasteiger partial charge on any atom is -0.399 e. The SMILES string of the molecule is Cc1cc(NS(=O)(=O)c2cc(N)ccc2Cl)ccc1F. The van der Waals surface area contributed by atoms with Gasteiger partial charge in [0.05, 0.1) is 5.02 Å². The maximum absolute atomic E-state index is 13.2. The summed E-state index contributed by atoms with van der Waals surface area (Å²) in [6.45, 7) is 1.54. The van der Waals surface area contributed by atoms with E-state index in [1.54, 1.807) is 6.92 Å². The lowest BCUT2D eigenvalue weighted by Crippen LogP contribution is -2.14. The van der Waals surface area contributed by atoms with Crippen LogP contribution in [-0.2, 0) is 10.0 Å². The Morgan fingerprint density at radius 3 is 2.55 bits per heavy atom. The third kappa shape index (κ3) is 3.02. The van der Waals surface area contributed by atoms with Crippen LogP contribution in [0.1, 0.15) is 5.56 Å². The van der Waals surface area contributed by atoms with Crippen molar-refractivity contribution in [2.24, 2.45) is 0 Å². The van der Waals surface area contributed by atoms with E-state index in [9.17, 15) is 12.8 Å². The minimum absolute atomic E-state index is 0.0607. The van der Waals surface area contributed by atoms with E-state index < -0.39 is 15.8 Å². The van der Waals surface area contributed by atoms with Crippen molar-refractivity contribution in [2.45, 2.75) is 11.8 Å². The number of anilines is 2. The number of hydrogen-bond donors (Lipinski definition) is 2. The molecule has 0 heterocycles. The molecule has 0 radical (unpaired) electrons. The Kier molecular flexibility index (Phi) is 3.87. The molecule has 0 bridgehead atoms. The Labute approximate surface area is 121 Å². The van der Waals surface area contributed by atoms with Crippen LogP contribution >= 0.6 is 11.6 Å². The molecule has 0 saturated heterocycles. The molecule has 0 aliphatic carbocycles. The van der Waals surface area contributed by atoms with Gasteiger partial charge < -0.3 is 5.73 Å². The van der Waals surface area contributed by atoms with Crippen molar-refractivity contribution in [1.29, 1.82) is 0 Å². The molecule has 20 heavy (non-hydrogen) atoms. The van der Waals surface area contributed by atoms with Crippen LogP contribution in [0.15, 0.2) is 41.3 Å². The Hall–Kier alpha value is -1.79. The minimum atomic E-state index is -3.88. The maximum atomic E-state index is 13.2. The largest absolute Gasteiger partial charge is 0.399 e. The monoisotopic (exact) mass is 314 g/mol. The molecule has 0 atom stereocenters. The van der Waals surface area contributed by atoms with Crippen molar-refractivity contribution in [1.82, 2.24) is 0 Å². The molecule has 3 N–H and O–H groups in total. The summed E-state index contributed by atoms with van der Waals surface area (Å²) in [5, 5.41) is 0.0607. The number of halogens is 2. The summed E-state index contributed by atoms with van der Waals surface area (Å²) in [6.07, 6.45) is 0. The van der Waals surface area contributed by atoms with E-state index in [2.05, 4.69) is 4.72 Å². The second-order valence-corrected chi connectivity index (χ2v) is 6.32. The van der Waals surface area contributed by atoms with Gasteiger partial charge in [-0.3, -0.25) is 4.72 Å². The molecule has 0 spiro atoms. The smallest absolute Gasteiger partial charge is 0.263 e. The molecule has 0 aromatic heterocycles. The van der Waals surface area contributed by atoms with Crippen molar-refractivity contribution in [3.63, 3.8) is 0 Å². The van der Waals surface area contributed by atoms with Gasteiger partial charge in [0.1, 0.15) is 10.7 Å². The molecule has 0 unspecified atom stereocenters. The van der Waals surface area contributed by atoms with Crippen LogP contribution in [0.3, 0.4) is 0 Å². The van der Waals surface area contributed by atoms with E-state index in [0.29, 0.717) is 5.56 Å². The zero-order valence-corrected chi connectivity index (χ0v) is 12.1. The van der Waals surface area contributed by atoms with E-state index in [1.807, 2.05) is 0 Å². The molecular formula is C13H12ClFN2O2S. The van der Waals surface area contributed by atoms with Gasteiger partial charge in [0.2, 0.25) is 0 Å². The summed E-state index contributed by atoms with van der Waals surface area (Å²) in [5.74, 6) is -0.407. The highest BCUT2D eigenvalue weighted by molar-refractivity contribution is 7.92. The molecule has 0 aliphatic heterocycles. The average molecular weight is 315 g/mol. The van der Waals surface area contributed by atoms with Gasteiger partial charge in [0.15, 0.2) is 0 Å². The number of sulfonamides is 1. The van der Waals surface area contributed by atoms with Gasteiger partial charge in [0.25, 0.3) is 10.0 Å². The quantitative estimate of drug-likeness (QED) is 0.855. The number of nitrogens with two attached hydrogens (primary N) is 1. The molecule has 2 rings (SSSR count). The van der Waals surface area contributed by atoms with Crippen LogP contribution in [0, 0.1) is 12.7 Å². The van der Waals surface area contributed by atoms with Gasteiger partial charge in [-0.15, -0.1) is 0 Å². The van der Waals surface area contributed by atoms with Crippen LogP contribution in [0.4, 0.5) is 15.8 Å². The third-order valence-corrected chi connectivity index (χ3v) is 4.52. The average Bonchev–Trinajstić information content (AvgIpc) is 2.36. The lowest BCUT2D eigenvalue weighted by molar-refractivity contribution is 0.601. The number of rotatable bonds is 3. The van der Waals surface area contributed by atoms with Crippen LogP contribution in [-0.4, -0.2) is 8.42 Å². The van der Waals surface area contributed by atoms with Gasteiger partial charge in [-0.25, -0.2) is 12.8 Å². The molecule has 7 heteroatoms. The highest BCUT2D eigenvalue weighted by Crippen LogP contribution is 2.26. The molecule has 4 nitrogen and oxygen atoms in total. The fraction of sp³-hybridized carbons (Fsp3) is 0.0769. The van der Waals surface area contributed by atoms with E-state index in [0.717, 1.165) is 0 Å². The summed E-state index contributed by atoms with van der Waals surface area (Å²) in [6, 6.07) is 8.09. The summed E-state index contributed by atoms with van der Waals surface area (Å²) in [7, 11) is -3.88. The Balaban J connectivity index is 2.40. The second-order valence-electron chi connectivity index (χ2n) is 4.26. The van der Waals surface area contributed by atoms with Gasteiger partial charge in [-0.1, -0.05) is 11.6 Å². The van der Waals surface area contributed by atoms with Crippen molar-refractivity contribution < 1.29 is 12.8 Å². The number of aryl methyl sites for hydroxylation is 1. The Morgan fingerprint density at radius 2 is 1.90 bits per heavy atom. The molecule has 2 aromatic rings. The Bertz CT molecular complexity index is 763. The first-order valence-electron chi connectivity index (χ1n) is 5.63. The lowest BCUT2D eigenvalue weighted by Gasteiger charge is -2.11. The second kappa shape index (κ2) is 5.30. The number of nitrogens with one attached hydrogen (secondary N) is 1. The normalized spacial score (nSPS) is 11.3. The number of nitrogen functional groups attached to an aromatic ring is 1. The lowest BCUT2D eigenvalue weighted by atomic mass is 10.2. The predicted molar refractivity (Wildman–Crippen MR) is 77.8 cm³/mol.